The summed E-state index contributed by atoms with van der Waals surface area (Å²) in [7, 11) is 1.47. The molecule has 176 valence electrons. The SMILES string of the molecule is COc1cc(/C=N\NC(=O)COc2c(C)cccc2C)cc(Br)c1OC(=O)c1ccc(C)cc1. The second-order valence-electron chi connectivity index (χ2n) is 7.59. The third-order valence-corrected chi connectivity index (χ3v) is 5.48. The van der Waals surface area contributed by atoms with E-state index in [0.717, 1.165) is 16.7 Å². The first-order chi connectivity index (χ1) is 16.3. The van der Waals surface area contributed by atoms with Crippen LogP contribution in [0.2, 0.25) is 0 Å². The summed E-state index contributed by atoms with van der Waals surface area (Å²) in [4.78, 5) is 24.6. The first kappa shape index (κ1) is 25.0. The lowest BCUT2D eigenvalue weighted by molar-refractivity contribution is -0.123. The summed E-state index contributed by atoms with van der Waals surface area (Å²) in [5, 5.41) is 3.97. The average molecular weight is 525 g/mol. The number of hydrogen-bond acceptors (Lipinski definition) is 6. The summed E-state index contributed by atoms with van der Waals surface area (Å²) < 4.78 is 17.0. The lowest BCUT2D eigenvalue weighted by Gasteiger charge is -2.12. The van der Waals surface area contributed by atoms with Gasteiger partial charge in [0, 0.05) is 0 Å². The average Bonchev–Trinajstić information content (AvgIpc) is 2.80. The monoisotopic (exact) mass is 524 g/mol. The van der Waals surface area contributed by atoms with Crippen LogP contribution in [0.25, 0.3) is 0 Å². The second-order valence-corrected chi connectivity index (χ2v) is 8.45. The van der Waals surface area contributed by atoms with Gasteiger partial charge in [-0.05, 0) is 77.7 Å². The molecule has 1 amide bonds. The van der Waals surface area contributed by atoms with Crippen molar-refractivity contribution in [1.82, 2.24) is 5.43 Å². The van der Waals surface area contributed by atoms with Crippen LogP contribution in [0.3, 0.4) is 0 Å². The van der Waals surface area contributed by atoms with Crippen molar-refractivity contribution < 1.29 is 23.8 Å². The number of nitrogens with zero attached hydrogens (tertiary/aromatic N) is 1. The van der Waals surface area contributed by atoms with E-state index in [0.29, 0.717) is 27.1 Å². The molecule has 0 radical (unpaired) electrons. The summed E-state index contributed by atoms with van der Waals surface area (Å²) in [5.74, 6) is 0.369. The zero-order valence-electron chi connectivity index (χ0n) is 19.3. The number of benzene rings is 3. The van der Waals surface area contributed by atoms with Crippen LogP contribution in [0.15, 0.2) is 64.2 Å². The maximum Gasteiger partial charge on any atom is 0.343 e. The van der Waals surface area contributed by atoms with Crippen LogP contribution in [0.4, 0.5) is 0 Å². The van der Waals surface area contributed by atoms with Crippen LogP contribution in [-0.4, -0.2) is 31.8 Å². The van der Waals surface area contributed by atoms with E-state index >= 15 is 0 Å². The van der Waals surface area contributed by atoms with Gasteiger partial charge >= 0.3 is 5.97 Å². The molecule has 0 aliphatic heterocycles. The van der Waals surface area contributed by atoms with E-state index in [4.69, 9.17) is 14.2 Å². The zero-order valence-corrected chi connectivity index (χ0v) is 20.9. The summed E-state index contributed by atoms with van der Waals surface area (Å²) in [6.07, 6.45) is 1.45. The maximum atomic E-state index is 12.5. The fourth-order valence-corrected chi connectivity index (χ4v) is 3.67. The van der Waals surface area contributed by atoms with Gasteiger partial charge in [-0.3, -0.25) is 4.79 Å². The van der Waals surface area contributed by atoms with Crippen LogP contribution in [0.5, 0.6) is 17.2 Å². The molecule has 3 aromatic carbocycles. The standard InChI is InChI=1S/C26H25BrN2O5/c1-16-8-10-20(11-9-16)26(31)34-25-21(27)12-19(13-22(25)32-4)14-28-29-23(30)15-33-24-17(2)6-5-7-18(24)3/h5-14H,15H2,1-4H3,(H,29,30)/b28-14-. The quantitative estimate of drug-likeness (QED) is 0.191. The van der Waals surface area contributed by atoms with E-state index < -0.39 is 11.9 Å². The number of methoxy groups -OCH3 is 1. The van der Waals surface area contributed by atoms with E-state index in [-0.39, 0.29) is 12.4 Å². The van der Waals surface area contributed by atoms with Gasteiger partial charge in [0.2, 0.25) is 0 Å². The fourth-order valence-electron chi connectivity index (χ4n) is 3.13. The van der Waals surface area contributed by atoms with E-state index in [1.165, 1.54) is 13.3 Å². The number of carbonyl (C=O) groups excluding carboxylic acids is 2. The van der Waals surface area contributed by atoms with E-state index in [1.54, 1.807) is 24.3 Å². The molecule has 0 fully saturated rings. The molecular formula is C26H25BrN2O5. The smallest absolute Gasteiger partial charge is 0.343 e. The Kier molecular flexibility index (Phi) is 8.43. The molecule has 7 nitrogen and oxygen atoms in total. The number of ether oxygens (including phenoxy) is 3. The number of amides is 1. The topological polar surface area (TPSA) is 86.2 Å². The van der Waals surface area contributed by atoms with Crippen LogP contribution < -0.4 is 19.6 Å². The first-order valence-electron chi connectivity index (χ1n) is 10.5. The van der Waals surface area contributed by atoms with Crippen molar-refractivity contribution in [3.05, 3.63) is 86.9 Å². The lowest BCUT2D eigenvalue weighted by atomic mass is 10.1. The van der Waals surface area contributed by atoms with Crippen molar-refractivity contribution >= 4 is 34.0 Å². The Hall–Kier alpha value is -3.65. The molecule has 0 atom stereocenters. The number of aryl methyl sites for hydroxylation is 3. The Morgan fingerprint density at radius 3 is 2.32 bits per heavy atom. The molecule has 3 aromatic rings. The van der Waals surface area contributed by atoms with E-state index in [9.17, 15) is 9.59 Å². The van der Waals surface area contributed by atoms with Crippen molar-refractivity contribution in [2.75, 3.05) is 13.7 Å². The highest BCUT2D eigenvalue weighted by Crippen LogP contribution is 2.37. The molecule has 8 heteroatoms. The highest BCUT2D eigenvalue weighted by atomic mass is 79.9. The Balaban J connectivity index is 1.63. The first-order valence-corrected chi connectivity index (χ1v) is 11.2. The number of carbonyl (C=O) groups is 2. The van der Waals surface area contributed by atoms with Crippen LogP contribution >= 0.6 is 15.9 Å². The maximum absolute atomic E-state index is 12.5. The predicted octanol–water partition coefficient (Wildman–Crippen LogP) is 5.13. The van der Waals surface area contributed by atoms with E-state index in [1.807, 2.05) is 51.1 Å². The van der Waals surface area contributed by atoms with E-state index in [2.05, 4.69) is 26.5 Å². The predicted molar refractivity (Wildman–Crippen MR) is 134 cm³/mol. The summed E-state index contributed by atoms with van der Waals surface area (Å²) >= 11 is 3.41. The largest absolute Gasteiger partial charge is 0.493 e. The Labute approximate surface area is 206 Å². The van der Waals surface area contributed by atoms with Gasteiger partial charge in [-0.1, -0.05) is 35.9 Å². The molecule has 0 saturated heterocycles. The molecule has 0 saturated carbocycles. The number of nitrogens with one attached hydrogen (secondary N) is 1. The molecule has 34 heavy (non-hydrogen) atoms. The molecule has 0 heterocycles. The molecule has 0 spiro atoms. The number of hydrogen-bond donors (Lipinski definition) is 1. The third-order valence-electron chi connectivity index (χ3n) is 4.89. The van der Waals surface area contributed by atoms with Gasteiger partial charge in [-0.15, -0.1) is 0 Å². The van der Waals surface area contributed by atoms with Gasteiger partial charge in [-0.25, -0.2) is 10.2 Å². The molecule has 0 aliphatic rings. The molecule has 1 N–H and O–H groups in total. The minimum absolute atomic E-state index is 0.163. The highest BCUT2D eigenvalue weighted by molar-refractivity contribution is 9.10. The molecule has 0 aromatic heterocycles. The van der Waals surface area contributed by atoms with Gasteiger partial charge in [0.1, 0.15) is 5.75 Å². The second kappa shape index (κ2) is 11.5. The van der Waals surface area contributed by atoms with Crippen molar-refractivity contribution in [2.24, 2.45) is 5.10 Å². The number of para-hydroxylation sites is 1. The number of esters is 1. The van der Waals surface area contributed by atoms with Crippen LogP contribution in [-0.2, 0) is 4.79 Å². The lowest BCUT2D eigenvalue weighted by Crippen LogP contribution is -2.25. The number of hydrazone groups is 1. The van der Waals surface area contributed by atoms with Crippen LogP contribution in [0, 0.1) is 20.8 Å². The minimum Gasteiger partial charge on any atom is -0.493 e. The van der Waals surface area contributed by atoms with Gasteiger partial charge in [0.25, 0.3) is 5.91 Å². The summed E-state index contributed by atoms with van der Waals surface area (Å²) in [6.45, 7) is 5.62. The van der Waals surface area contributed by atoms with Crippen molar-refractivity contribution in [1.29, 1.82) is 0 Å². The molecule has 0 aliphatic carbocycles. The Morgan fingerprint density at radius 2 is 1.68 bits per heavy atom. The normalized spacial score (nSPS) is 10.7. The van der Waals surface area contributed by atoms with Crippen molar-refractivity contribution in [3.63, 3.8) is 0 Å². The summed E-state index contributed by atoms with van der Waals surface area (Å²) in [6, 6.07) is 16.2. The number of rotatable bonds is 8. The van der Waals surface area contributed by atoms with Crippen molar-refractivity contribution in [2.45, 2.75) is 20.8 Å². The zero-order chi connectivity index (χ0) is 24.7. The van der Waals surface area contributed by atoms with Crippen LogP contribution in [0.1, 0.15) is 32.6 Å². The number of halogens is 1. The molecule has 0 unspecified atom stereocenters. The van der Waals surface area contributed by atoms with Crippen molar-refractivity contribution in [3.8, 4) is 17.2 Å². The van der Waals surface area contributed by atoms with Gasteiger partial charge in [-0.2, -0.15) is 5.10 Å². The van der Waals surface area contributed by atoms with Gasteiger partial charge < -0.3 is 14.2 Å². The van der Waals surface area contributed by atoms with Gasteiger partial charge in [0.15, 0.2) is 18.1 Å². The Morgan fingerprint density at radius 1 is 1.00 bits per heavy atom. The van der Waals surface area contributed by atoms with Gasteiger partial charge in [0.05, 0.1) is 23.4 Å². The molecule has 0 bridgehead atoms. The molecule has 3 rings (SSSR count). The molecular weight excluding hydrogens is 500 g/mol. The highest BCUT2D eigenvalue weighted by Gasteiger charge is 2.17. The minimum atomic E-state index is -0.503. The third kappa shape index (κ3) is 6.45. The fraction of sp³-hybridized carbons (Fsp3) is 0.192. The Bertz CT molecular complexity index is 1200. The summed E-state index contributed by atoms with van der Waals surface area (Å²) in [5.41, 5.74) is 6.44.